The molecule has 6 nitrogen and oxygen atoms in total. The Kier molecular flexibility index (Phi) is 5.10. The highest BCUT2D eigenvalue weighted by Crippen LogP contribution is 2.26. The first-order valence-corrected chi connectivity index (χ1v) is 9.15. The van der Waals surface area contributed by atoms with Crippen LogP contribution in [0.2, 0.25) is 0 Å². The molecule has 3 rings (SSSR count). The van der Waals surface area contributed by atoms with Gasteiger partial charge in [-0.15, -0.1) is 0 Å². The van der Waals surface area contributed by atoms with E-state index >= 15 is 0 Å². The summed E-state index contributed by atoms with van der Waals surface area (Å²) in [5.74, 6) is 0. The number of aryl methyl sites for hydroxylation is 1. The molecule has 0 aliphatic heterocycles. The van der Waals surface area contributed by atoms with Crippen LogP contribution in [0.15, 0.2) is 47.2 Å². The number of fused-ring (bicyclic) bond motifs is 1. The molecule has 0 aliphatic rings. The third-order valence-corrected chi connectivity index (χ3v) is 4.61. The van der Waals surface area contributed by atoms with Crippen LogP contribution in [0.4, 0.5) is 0 Å². The monoisotopic (exact) mass is 468 g/mol. The molecule has 0 aliphatic carbocycles. The van der Waals surface area contributed by atoms with Gasteiger partial charge in [0.2, 0.25) is 5.71 Å². The van der Waals surface area contributed by atoms with E-state index in [0.29, 0.717) is 12.0 Å². The summed E-state index contributed by atoms with van der Waals surface area (Å²) in [5.41, 5.74) is 0.509. The van der Waals surface area contributed by atoms with Crippen molar-refractivity contribution in [3.63, 3.8) is 0 Å². The van der Waals surface area contributed by atoms with Crippen LogP contribution in [-0.4, -0.2) is 9.97 Å². The molecule has 0 amide bonds. The molecule has 0 radical (unpaired) electrons. The minimum absolute atomic E-state index is 0.00231. The van der Waals surface area contributed by atoms with Gasteiger partial charge in [-0.05, 0) is 42.7 Å². The number of hydrogen-bond donors (Lipinski definition) is 1. The van der Waals surface area contributed by atoms with Gasteiger partial charge in [-0.25, -0.2) is 4.79 Å². The van der Waals surface area contributed by atoms with E-state index in [1.807, 2.05) is 32.0 Å². The van der Waals surface area contributed by atoms with Crippen molar-refractivity contribution in [2.75, 3.05) is 0 Å². The minimum Gasteiger partial charge on any atom is -0.457 e. The highest BCUT2D eigenvalue weighted by atomic mass is 79.9. The van der Waals surface area contributed by atoms with Crippen molar-refractivity contribution in [1.82, 2.24) is 9.97 Å². The van der Waals surface area contributed by atoms with Crippen LogP contribution >= 0.6 is 31.9 Å². The minimum atomic E-state index is -0.544. The van der Waals surface area contributed by atoms with Crippen molar-refractivity contribution in [3.05, 3.63) is 65.1 Å². The van der Waals surface area contributed by atoms with Gasteiger partial charge in [0.15, 0.2) is 0 Å². The zero-order chi connectivity index (χ0) is 18.1. The van der Waals surface area contributed by atoms with E-state index in [2.05, 4.69) is 41.8 Å². The zero-order valence-corrected chi connectivity index (χ0v) is 16.6. The second-order valence-electron chi connectivity index (χ2n) is 5.46. The molecule has 1 N–H and O–H groups in total. The van der Waals surface area contributed by atoms with Gasteiger partial charge >= 0.3 is 5.63 Å². The van der Waals surface area contributed by atoms with E-state index in [4.69, 9.17) is 9.15 Å². The lowest BCUT2D eigenvalue weighted by molar-refractivity contribution is 0.206. The first-order chi connectivity index (χ1) is 11.9. The van der Waals surface area contributed by atoms with Crippen molar-refractivity contribution in [3.8, 4) is 6.01 Å². The van der Waals surface area contributed by atoms with Crippen LogP contribution in [0.25, 0.3) is 11.1 Å². The van der Waals surface area contributed by atoms with E-state index in [9.17, 15) is 9.59 Å². The Morgan fingerprint density at radius 2 is 1.88 bits per heavy atom. The molecule has 1 unspecified atom stereocenters. The zero-order valence-electron chi connectivity index (χ0n) is 13.4. The summed E-state index contributed by atoms with van der Waals surface area (Å²) >= 11 is 6.85. The van der Waals surface area contributed by atoms with Gasteiger partial charge in [0.1, 0.15) is 11.5 Å². The standard InChI is InChI=1S/C17H14Br2N2O4/c1-3-9-6-13(22)25-16-14(9)15(23)20-17(21-16)24-8(2)10-4-11(18)7-12(19)5-10/h4-8H,3H2,1-2H3,(H,20,21,23). The van der Waals surface area contributed by atoms with Crippen LogP contribution in [0.3, 0.4) is 0 Å². The fourth-order valence-corrected chi connectivity index (χ4v) is 3.84. The van der Waals surface area contributed by atoms with Gasteiger partial charge < -0.3 is 9.15 Å². The van der Waals surface area contributed by atoms with Gasteiger partial charge in [0.25, 0.3) is 11.6 Å². The van der Waals surface area contributed by atoms with Crippen LogP contribution in [0.1, 0.15) is 31.1 Å². The third-order valence-electron chi connectivity index (χ3n) is 3.70. The Morgan fingerprint density at radius 3 is 2.52 bits per heavy atom. The lowest BCUT2D eigenvalue weighted by atomic mass is 10.1. The predicted octanol–water partition coefficient (Wildman–Crippen LogP) is 4.10. The average molecular weight is 470 g/mol. The first kappa shape index (κ1) is 17.9. The van der Waals surface area contributed by atoms with Crippen molar-refractivity contribution in [2.24, 2.45) is 0 Å². The largest absolute Gasteiger partial charge is 0.457 e. The molecule has 130 valence electrons. The SMILES string of the molecule is CCc1cc(=O)oc2nc(OC(C)c3cc(Br)cc(Br)c3)[nH]c(=O)c12. The topological polar surface area (TPSA) is 85.2 Å². The second-order valence-corrected chi connectivity index (χ2v) is 7.29. The van der Waals surface area contributed by atoms with Gasteiger partial charge in [-0.1, -0.05) is 38.8 Å². The number of rotatable bonds is 4. The Labute approximate surface area is 159 Å². The Hall–Kier alpha value is -1.93. The summed E-state index contributed by atoms with van der Waals surface area (Å²) in [6, 6.07) is 7.03. The molecule has 1 atom stereocenters. The fourth-order valence-electron chi connectivity index (χ4n) is 2.51. The van der Waals surface area contributed by atoms with Crippen molar-refractivity contribution < 1.29 is 9.15 Å². The number of aromatic nitrogens is 2. The van der Waals surface area contributed by atoms with Crippen LogP contribution < -0.4 is 15.9 Å². The Bertz CT molecular complexity index is 1040. The number of aromatic amines is 1. The quantitative estimate of drug-likeness (QED) is 0.621. The maximum absolute atomic E-state index is 12.4. The number of benzene rings is 1. The molecule has 0 saturated carbocycles. The summed E-state index contributed by atoms with van der Waals surface area (Å²) in [5, 5.41) is 0.271. The summed E-state index contributed by atoms with van der Waals surface area (Å²) in [4.78, 5) is 30.7. The summed E-state index contributed by atoms with van der Waals surface area (Å²) < 4.78 is 12.6. The molecule has 0 spiro atoms. The van der Waals surface area contributed by atoms with Crippen LogP contribution in [-0.2, 0) is 6.42 Å². The molecule has 2 heterocycles. The summed E-state index contributed by atoms with van der Waals surface area (Å²) in [6.07, 6.45) is 0.144. The second kappa shape index (κ2) is 7.13. The van der Waals surface area contributed by atoms with E-state index in [1.165, 1.54) is 6.07 Å². The smallest absolute Gasteiger partial charge is 0.337 e. The Balaban J connectivity index is 2.02. The number of hydrogen-bond acceptors (Lipinski definition) is 5. The van der Waals surface area contributed by atoms with Gasteiger partial charge in [0.05, 0.1) is 0 Å². The first-order valence-electron chi connectivity index (χ1n) is 7.57. The molecule has 2 aromatic heterocycles. The number of nitrogens with one attached hydrogen (secondary N) is 1. The molecular formula is C17H14Br2N2O4. The van der Waals surface area contributed by atoms with Gasteiger partial charge in [-0.2, -0.15) is 4.98 Å². The normalized spacial score (nSPS) is 12.3. The predicted molar refractivity (Wildman–Crippen MR) is 101 cm³/mol. The number of nitrogens with zero attached hydrogens (tertiary/aromatic N) is 1. The Morgan fingerprint density at radius 1 is 1.20 bits per heavy atom. The van der Waals surface area contributed by atoms with Gasteiger partial charge in [-0.3, -0.25) is 9.78 Å². The highest BCUT2D eigenvalue weighted by Gasteiger charge is 2.15. The number of halogens is 2. The maximum Gasteiger partial charge on any atom is 0.337 e. The number of H-pyrrole nitrogens is 1. The molecule has 1 aromatic carbocycles. The van der Waals surface area contributed by atoms with Crippen molar-refractivity contribution in [1.29, 1.82) is 0 Å². The van der Waals surface area contributed by atoms with Gasteiger partial charge in [0, 0.05) is 15.0 Å². The van der Waals surface area contributed by atoms with Crippen molar-refractivity contribution >= 4 is 43.0 Å². The van der Waals surface area contributed by atoms with Crippen LogP contribution in [0.5, 0.6) is 6.01 Å². The molecule has 0 bridgehead atoms. The lowest BCUT2D eigenvalue weighted by Gasteiger charge is -2.15. The number of ether oxygens (including phenoxy) is 1. The lowest BCUT2D eigenvalue weighted by Crippen LogP contribution is -2.16. The van der Waals surface area contributed by atoms with E-state index in [0.717, 1.165) is 14.5 Å². The van der Waals surface area contributed by atoms with Crippen LogP contribution in [0, 0.1) is 0 Å². The summed E-state index contributed by atoms with van der Waals surface area (Å²) in [7, 11) is 0. The average Bonchev–Trinajstić information content (AvgIpc) is 2.52. The molecule has 0 fully saturated rings. The summed E-state index contributed by atoms with van der Waals surface area (Å²) in [6.45, 7) is 3.68. The van der Waals surface area contributed by atoms with Crippen molar-refractivity contribution in [2.45, 2.75) is 26.4 Å². The van der Waals surface area contributed by atoms with E-state index < -0.39 is 11.2 Å². The molecule has 8 heteroatoms. The van der Waals surface area contributed by atoms with E-state index in [1.54, 1.807) is 0 Å². The third kappa shape index (κ3) is 3.85. The molecular weight excluding hydrogens is 456 g/mol. The fraction of sp³-hybridized carbons (Fsp3) is 0.235. The molecule has 0 saturated heterocycles. The van der Waals surface area contributed by atoms with E-state index in [-0.39, 0.29) is 23.2 Å². The molecule has 25 heavy (non-hydrogen) atoms. The highest BCUT2D eigenvalue weighted by molar-refractivity contribution is 9.11. The molecule has 3 aromatic rings. The maximum atomic E-state index is 12.4.